The summed E-state index contributed by atoms with van der Waals surface area (Å²) >= 11 is 0. The summed E-state index contributed by atoms with van der Waals surface area (Å²) in [7, 11) is 0. The minimum absolute atomic E-state index is 0.105. The van der Waals surface area contributed by atoms with Gasteiger partial charge in [0.15, 0.2) is 11.6 Å². The van der Waals surface area contributed by atoms with E-state index in [0.717, 1.165) is 30.5 Å². The molecule has 0 atom stereocenters. The zero-order chi connectivity index (χ0) is 14.0. The molecule has 5 heteroatoms. The molecule has 1 aromatic rings. The van der Waals surface area contributed by atoms with Gasteiger partial charge in [0.25, 0.3) is 0 Å². The molecule has 1 aliphatic rings. The summed E-state index contributed by atoms with van der Waals surface area (Å²) in [4.78, 5) is 8.52. The first-order chi connectivity index (χ1) is 9.02. The van der Waals surface area contributed by atoms with E-state index in [1.807, 2.05) is 0 Å². The number of aromatic nitrogens is 2. The first-order valence-electron chi connectivity index (χ1n) is 7.03. The Morgan fingerprint density at radius 2 is 1.84 bits per heavy atom. The number of anilines is 1. The molecule has 1 heterocycles. The van der Waals surface area contributed by atoms with Gasteiger partial charge in [-0.1, -0.05) is 13.8 Å². The molecule has 1 fully saturated rings. The molecule has 106 valence electrons. The van der Waals surface area contributed by atoms with Crippen LogP contribution in [0, 0.1) is 24.6 Å². The highest BCUT2D eigenvalue weighted by atomic mass is 19.1. The summed E-state index contributed by atoms with van der Waals surface area (Å²) in [6.45, 7) is 6.21. The monoisotopic (exact) mass is 266 g/mol. The topological polar surface area (TPSA) is 63.8 Å². The molecule has 0 radical (unpaired) electrons. The third-order valence-corrected chi connectivity index (χ3v) is 4.25. The zero-order valence-corrected chi connectivity index (χ0v) is 11.9. The van der Waals surface area contributed by atoms with Crippen molar-refractivity contribution in [3.05, 3.63) is 17.3 Å². The van der Waals surface area contributed by atoms with Crippen molar-refractivity contribution >= 4 is 5.82 Å². The van der Waals surface area contributed by atoms with Crippen molar-refractivity contribution in [3.8, 4) is 0 Å². The molecule has 19 heavy (non-hydrogen) atoms. The number of hydrogen-bond donors (Lipinski definition) is 2. The Bertz CT molecular complexity index is 439. The molecule has 1 aliphatic carbocycles. The SMILES string of the molecule is Cc1nc(C2CCC(C(C)C)CC2)nc(NN)c1F. The standard InChI is InChI=1S/C14H23FN4/c1-8(2)10-4-6-11(7-5-10)13-17-9(3)12(15)14(18-13)19-16/h8,10-11H,4-7,16H2,1-3H3,(H,17,18,19). The lowest BCUT2D eigenvalue weighted by Crippen LogP contribution is -2.21. The van der Waals surface area contributed by atoms with Gasteiger partial charge >= 0.3 is 0 Å². The van der Waals surface area contributed by atoms with Crippen molar-refractivity contribution in [2.75, 3.05) is 5.43 Å². The van der Waals surface area contributed by atoms with E-state index in [1.165, 1.54) is 12.8 Å². The van der Waals surface area contributed by atoms with Crippen LogP contribution in [0.2, 0.25) is 0 Å². The maximum absolute atomic E-state index is 13.6. The highest BCUT2D eigenvalue weighted by Crippen LogP contribution is 2.37. The van der Waals surface area contributed by atoms with Crippen molar-refractivity contribution in [1.29, 1.82) is 0 Å². The highest BCUT2D eigenvalue weighted by molar-refractivity contribution is 5.37. The number of nitrogens with one attached hydrogen (secondary N) is 1. The van der Waals surface area contributed by atoms with Crippen LogP contribution in [0.4, 0.5) is 10.2 Å². The van der Waals surface area contributed by atoms with E-state index in [2.05, 4.69) is 29.2 Å². The Hall–Kier alpha value is -1.23. The van der Waals surface area contributed by atoms with Crippen LogP contribution in [0.25, 0.3) is 0 Å². The number of nitrogen functional groups attached to an aromatic ring is 1. The molecule has 0 unspecified atom stereocenters. The van der Waals surface area contributed by atoms with Gasteiger partial charge in [0.05, 0.1) is 5.69 Å². The predicted molar refractivity (Wildman–Crippen MR) is 74.1 cm³/mol. The van der Waals surface area contributed by atoms with Crippen LogP contribution in [0.3, 0.4) is 0 Å². The van der Waals surface area contributed by atoms with Crippen LogP contribution in [0.15, 0.2) is 0 Å². The van der Waals surface area contributed by atoms with Crippen molar-refractivity contribution in [1.82, 2.24) is 9.97 Å². The number of aryl methyl sites for hydroxylation is 1. The second kappa shape index (κ2) is 5.82. The number of hydrazine groups is 1. The summed E-state index contributed by atoms with van der Waals surface area (Å²) in [5.41, 5.74) is 2.68. The van der Waals surface area contributed by atoms with Crippen LogP contribution in [0.1, 0.15) is 57.0 Å². The van der Waals surface area contributed by atoms with Crippen molar-refractivity contribution < 1.29 is 4.39 Å². The van der Waals surface area contributed by atoms with Gasteiger partial charge in [0.1, 0.15) is 5.82 Å². The molecule has 4 nitrogen and oxygen atoms in total. The second-order valence-corrected chi connectivity index (χ2v) is 5.83. The fourth-order valence-electron chi connectivity index (χ4n) is 2.90. The van der Waals surface area contributed by atoms with E-state index in [-0.39, 0.29) is 5.82 Å². The summed E-state index contributed by atoms with van der Waals surface area (Å²) in [5, 5.41) is 0. The molecular weight excluding hydrogens is 243 g/mol. The lowest BCUT2D eigenvalue weighted by Gasteiger charge is -2.30. The molecule has 0 aliphatic heterocycles. The van der Waals surface area contributed by atoms with E-state index < -0.39 is 5.82 Å². The lowest BCUT2D eigenvalue weighted by molar-refractivity contribution is 0.254. The molecular formula is C14H23FN4. The summed E-state index contributed by atoms with van der Waals surface area (Å²) in [6, 6.07) is 0. The van der Waals surface area contributed by atoms with E-state index in [4.69, 9.17) is 5.84 Å². The molecule has 0 aromatic carbocycles. The first kappa shape index (κ1) is 14.2. The zero-order valence-electron chi connectivity index (χ0n) is 11.9. The van der Waals surface area contributed by atoms with E-state index in [1.54, 1.807) is 6.92 Å². The van der Waals surface area contributed by atoms with Crippen molar-refractivity contribution in [2.45, 2.75) is 52.4 Å². The predicted octanol–water partition coefficient (Wildman–Crippen LogP) is 3.14. The van der Waals surface area contributed by atoms with Gasteiger partial charge in [0, 0.05) is 5.92 Å². The Labute approximate surface area is 114 Å². The Morgan fingerprint density at radius 1 is 1.21 bits per heavy atom. The van der Waals surface area contributed by atoms with E-state index >= 15 is 0 Å². The van der Waals surface area contributed by atoms with Gasteiger partial charge in [-0.3, -0.25) is 0 Å². The molecule has 3 N–H and O–H groups in total. The average molecular weight is 266 g/mol. The van der Waals surface area contributed by atoms with Gasteiger partial charge in [-0.25, -0.2) is 20.2 Å². The maximum atomic E-state index is 13.6. The van der Waals surface area contributed by atoms with E-state index in [9.17, 15) is 4.39 Å². The number of hydrogen-bond acceptors (Lipinski definition) is 4. The second-order valence-electron chi connectivity index (χ2n) is 5.83. The molecule has 0 saturated heterocycles. The summed E-state index contributed by atoms with van der Waals surface area (Å²) in [5.74, 6) is 7.54. The highest BCUT2D eigenvalue weighted by Gasteiger charge is 2.26. The number of rotatable bonds is 3. The Balaban J connectivity index is 2.13. The summed E-state index contributed by atoms with van der Waals surface area (Å²) < 4.78 is 13.6. The van der Waals surface area contributed by atoms with Gasteiger partial charge in [-0.05, 0) is 44.4 Å². The molecule has 0 amide bonds. The smallest absolute Gasteiger partial charge is 0.187 e. The molecule has 2 rings (SSSR count). The van der Waals surface area contributed by atoms with Gasteiger partial charge < -0.3 is 5.43 Å². The number of nitrogens with zero attached hydrogens (tertiary/aromatic N) is 2. The average Bonchev–Trinajstić information content (AvgIpc) is 2.41. The minimum Gasteiger partial charge on any atom is -0.306 e. The fraction of sp³-hybridized carbons (Fsp3) is 0.714. The third-order valence-electron chi connectivity index (χ3n) is 4.25. The Morgan fingerprint density at radius 3 is 2.37 bits per heavy atom. The van der Waals surface area contributed by atoms with Gasteiger partial charge in [-0.2, -0.15) is 0 Å². The number of nitrogens with two attached hydrogens (primary N) is 1. The number of halogens is 1. The van der Waals surface area contributed by atoms with Crippen LogP contribution in [-0.4, -0.2) is 9.97 Å². The molecule has 1 saturated carbocycles. The summed E-state index contributed by atoms with van der Waals surface area (Å²) in [6.07, 6.45) is 4.57. The molecule has 0 bridgehead atoms. The third kappa shape index (κ3) is 3.03. The van der Waals surface area contributed by atoms with E-state index in [0.29, 0.717) is 11.6 Å². The van der Waals surface area contributed by atoms with Crippen LogP contribution in [0.5, 0.6) is 0 Å². The van der Waals surface area contributed by atoms with Crippen LogP contribution >= 0.6 is 0 Å². The van der Waals surface area contributed by atoms with Gasteiger partial charge in [0.2, 0.25) is 0 Å². The van der Waals surface area contributed by atoms with Crippen LogP contribution < -0.4 is 11.3 Å². The maximum Gasteiger partial charge on any atom is 0.187 e. The van der Waals surface area contributed by atoms with Crippen molar-refractivity contribution in [3.63, 3.8) is 0 Å². The molecule has 1 aromatic heterocycles. The van der Waals surface area contributed by atoms with Crippen molar-refractivity contribution in [2.24, 2.45) is 17.7 Å². The minimum atomic E-state index is -0.456. The largest absolute Gasteiger partial charge is 0.306 e. The van der Waals surface area contributed by atoms with Crippen LogP contribution in [-0.2, 0) is 0 Å². The first-order valence-corrected chi connectivity index (χ1v) is 7.03. The molecule has 0 spiro atoms. The fourth-order valence-corrected chi connectivity index (χ4v) is 2.90. The van der Waals surface area contributed by atoms with Gasteiger partial charge in [-0.15, -0.1) is 0 Å². The quantitative estimate of drug-likeness (QED) is 0.651. The normalized spacial score (nSPS) is 23.7. The Kier molecular flexibility index (Phi) is 4.34. The lowest BCUT2D eigenvalue weighted by atomic mass is 9.76.